The summed E-state index contributed by atoms with van der Waals surface area (Å²) >= 11 is 0. The van der Waals surface area contributed by atoms with E-state index in [9.17, 15) is 4.79 Å². The van der Waals surface area contributed by atoms with E-state index in [2.05, 4.69) is 9.97 Å². The highest BCUT2D eigenvalue weighted by atomic mass is 16.5. The molecule has 1 aromatic heterocycles. The number of aryl methyl sites for hydroxylation is 1. The van der Waals surface area contributed by atoms with Crippen molar-refractivity contribution >= 4 is 5.97 Å². The van der Waals surface area contributed by atoms with Crippen molar-refractivity contribution in [3.63, 3.8) is 0 Å². The third-order valence-corrected chi connectivity index (χ3v) is 3.84. The van der Waals surface area contributed by atoms with Gasteiger partial charge in [-0.3, -0.25) is 0 Å². The van der Waals surface area contributed by atoms with Crippen LogP contribution in [0.3, 0.4) is 0 Å². The van der Waals surface area contributed by atoms with Gasteiger partial charge < -0.3 is 14.2 Å². The van der Waals surface area contributed by atoms with Crippen LogP contribution in [0.1, 0.15) is 23.0 Å². The number of ether oxygens (including phenoxy) is 3. The van der Waals surface area contributed by atoms with Crippen LogP contribution in [-0.2, 0) is 4.74 Å². The molecule has 6 heteroatoms. The van der Waals surface area contributed by atoms with Crippen molar-refractivity contribution < 1.29 is 19.0 Å². The van der Waals surface area contributed by atoms with Gasteiger partial charge in [0.05, 0.1) is 25.1 Å². The fourth-order valence-electron chi connectivity index (χ4n) is 2.61. The number of benzene rings is 2. The summed E-state index contributed by atoms with van der Waals surface area (Å²) in [6, 6.07) is 16.7. The Morgan fingerprint density at radius 3 is 2.44 bits per heavy atom. The molecule has 0 N–H and O–H groups in total. The predicted octanol–water partition coefficient (Wildman–Crippen LogP) is 4.43. The summed E-state index contributed by atoms with van der Waals surface area (Å²) in [4.78, 5) is 21.3. The Morgan fingerprint density at radius 2 is 1.74 bits per heavy atom. The van der Waals surface area contributed by atoms with Crippen LogP contribution in [0.5, 0.6) is 17.5 Å². The third kappa shape index (κ3) is 4.23. The van der Waals surface area contributed by atoms with Gasteiger partial charge in [0.1, 0.15) is 17.1 Å². The smallest absolute Gasteiger partial charge is 0.342 e. The first-order chi connectivity index (χ1) is 13.1. The maximum atomic E-state index is 12.5. The summed E-state index contributed by atoms with van der Waals surface area (Å²) in [6.07, 6.45) is 0. The normalized spacial score (nSPS) is 10.3. The molecule has 0 spiro atoms. The number of methoxy groups -OCH3 is 1. The molecule has 3 aromatic rings. The monoisotopic (exact) mass is 364 g/mol. The number of nitrogens with zero attached hydrogens (tertiary/aromatic N) is 2. The Balaban J connectivity index is 2.12. The Hall–Kier alpha value is -3.41. The molecule has 0 radical (unpaired) electrons. The molecule has 0 atom stereocenters. The van der Waals surface area contributed by atoms with Gasteiger partial charge in [-0.05, 0) is 38.1 Å². The van der Waals surface area contributed by atoms with Gasteiger partial charge >= 0.3 is 12.0 Å². The lowest BCUT2D eigenvalue weighted by Crippen LogP contribution is -2.12. The minimum absolute atomic E-state index is 0.157. The van der Waals surface area contributed by atoms with Gasteiger partial charge in [0.2, 0.25) is 0 Å². The molecule has 0 fully saturated rings. The lowest BCUT2D eigenvalue weighted by atomic mass is 10.0. The standard InChI is InChI=1S/C21H20N2O4/c1-4-26-20(24)18-14(2)22-21(27-16-10-6-5-7-11-16)23-19(18)15-9-8-12-17(13-15)25-3/h5-13H,4H2,1-3H3. The number of para-hydroxylation sites is 1. The number of hydrogen-bond donors (Lipinski definition) is 0. The van der Waals surface area contributed by atoms with Crippen LogP contribution in [0.4, 0.5) is 0 Å². The Labute approximate surface area is 157 Å². The molecule has 0 amide bonds. The van der Waals surface area contributed by atoms with Crippen molar-refractivity contribution in [2.24, 2.45) is 0 Å². The molecule has 0 aliphatic rings. The van der Waals surface area contributed by atoms with E-state index < -0.39 is 5.97 Å². The summed E-state index contributed by atoms with van der Waals surface area (Å²) in [5.41, 5.74) is 1.93. The van der Waals surface area contributed by atoms with Crippen molar-refractivity contribution in [2.75, 3.05) is 13.7 Å². The summed E-state index contributed by atoms with van der Waals surface area (Å²) in [5.74, 6) is 0.792. The van der Waals surface area contributed by atoms with Crippen molar-refractivity contribution in [1.82, 2.24) is 9.97 Å². The first-order valence-electron chi connectivity index (χ1n) is 8.55. The molecular formula is C21H20N2O4. The van der Waals surface area contributed by atoms with Crippen LogP contribution in [0.25, 0.3) is 11.3 Å². The molecule has 138 valence electrons. The molecule has 0 unspecified atom stereocenters. The van der Waals surface area contributed by atoms with E-state index in [4.69, 9.17) is 14.2 Å². The zero-order valence-electron chi connectivity index (χ0n) is 15.4. The SMILES string of the molecule is CCOC(=O)c1c(C)nc(Oc2ccccc2)nc1-c1cccc(OC)c1. The average molecular weight is 364 g/mol. The first kappa shape index (κ1) is 18.4. The van der Waals surface area contributed by atoms with E-state index >= 15 is 0 Å². The molecule has 0 saturated carbocycles. The molecule has 0 aliphatic heterocycles. The molecule has 6 nitrogen and oxygen atoms in total. The summed E-state index contributed by atoms with van der Waals surface area (Å²) in [5, 5.41) is 0. The minimum Gasteiger partial charge on any atom is -0.497 e. The second kappa shape index (κ2) is 8.31. The van der Waals surface area contributed by atoms with Gasteiger partial charge in [0.25, 0.3) is 0 Å². The van der Waals surface area contributed by atoms with Crippen LogP contribution in [0.2, 0.25) is 0 Å². The summed E-state index contributed by atoms with van der Waals surface area (Å²) in [7, 11) is 1.58. The highest BCUT2D eigenvalue weighted by Crippen LogP contribution is 2.30. The minimum atomic E-state index is -0.473. The molecule has 27 heavy (non-hydrogen) atoms. The van der Waals surface area contributed by atoms with Crippen molar-refractivity contribution in [3.8, 4) is 28.8 Å². The number of hydrogen-bond acceptors (Lipinski definition) is 6. The van der Waals surface area contributed by atoms with Crippen LogP contribution in [0, 0.1) is 6.92 Å². The van der Waals surface area contributed by atoms with E-state index in [0.29, 0.717) is 34.0 Å². The van der Waals surface area contributed by atoms with Crippen LogP contribution in [-0.4, -0.2) is 29.7 Å². The lowest BCUT2D eigenvalue weighted by Gasteiger charge is -2.13. The molecule has 3 rings (SSSR count). The topological polar surface area (TPSA) is 70.5 Å². The van der Waals surface area contributed by atoms with Crippen LogP contribution < -0.4 is 9.47 Å². The fourth-order valence-corrected chi connectivity index (χ4v) is 2.61. The van der Waals surface area contributed by atoms with E-state index in [-0.39, 0.29) is 12.6 Å². The summed E-state index contributed by atoms with van der Waals surface area (Å²) < 4.78 is 16.3. The van der Waals surface area contributed by atoms with E-state index in [0.717, 1.165) is 0 Å². The lowest BCUT2D eigenvalue weighted by molar-refractivity contribution is 0.0525. The second-order valence-electron chi connectivity index (χ2n) is 5.68. The quantitative estimate of drug-likeness (QED) is 0.603. The average Bonchev–Trinajstić information content (AvgIpc) is 2.68. The van der Waals surface area contributed by atoms with Crippen molar-refractivity contribution in [1.29, 1.82) is 0 Å². The van der Waals surface area contributed by atoms with Crippen LogP contribution in [0.15, 0.2) is 54.6 Å². The highest BCUT2D eigenvalue weighted by molar-refractivity contribution is 5.97. The second-order valence-corrected chi connectivity index (χ2v) is 5.68. The van der Waals surface area contributed by atoms with Crippen molar-refractivity contribution in [2.45, 2.75) is 13.8 Å². The number of carbonyl (C=O) groups is 1. The van der Waals surface area contributed by atoms with Gasteiger partial charge in [-0.15, -0.1) is 0 Å². The zero-order chi connectivity index (χ0) is 19.2. The van der Waals surface area contributed by atoms with Crippen LogP contribution >= 0.6 is 0 Å². The number of carbonyl (C=O) groups excluding carboxylic acids is 1. The molecule has 0 aliphatic carbocycles. The molecule has 0 saturated heterocycles. The fraction of sp³-hybridized carbons (Fsp3) is 0.190. The van der Waals surface area contributed by atoms with Gasteiger partial charge in [0.15, 0.2) is 0 Å². The van der Waals surface area contributed by atoms with Gasteiger partial charge in [-0.2, -0.15) is 9.97 Å². The largest absolute Gasteiger partial charge is 0.497 e. The predicted molar refractivity (Wildman–Crippen MR) is 101 cm³/mol. The Bertz CT molecular complexity index is 942. The number of rotatable bonds is 6. The Kier molecular flexibility index (Phi) is 5.66. The van der Waals surface area contributed by atoms with Gasteiger partial charge in [-0.1, -0.05) is 30.3 Å². The van der Waals surface area contributed by atoms with Gasteiger partial charge in [-0.25, -0.2) is 4.79 Å². The first-order valence-corrected chi connectivity index (χ1v) is 8.55. The molecule has 0 bridgehead atoms. The maximum Gasteiger partial charge on any atom is 0.342 e. The zero-order valence-corrected chi connectivity index (χ0v) is 15.4. The van der Waals surface area contributed by atoms with E-state index in [1.807, 2.05) is 48.5 Å². The number of aromatic nitrogens is 2. The number of esters is 1. The maximum absolute atomic E-state index is 12.5. The highest BCUT2D eigenvalue weighted by Gasteiger charge is 2.22. The summed E-state index contributed by atoms with van der Waals surface area (Å²) in [6.45, 7) is 3.75. The molecule has 1 heterocycles. The van der Waals surface area contributed by atoms with E-state index in [1.54, 1.807) is 27.0 Å². The molecular weight excluding hydrogens is 344 g/mol. The molecule has 2 aromatic carbocycles. The Morgan fingerprint density at radius 1 is 1.00 bits per heavy atom. The van der Waals surface area contributed by atoms with E-state index in [1.165, 1.54) is 0 Å². The van der Waals surface area contributed by atoms with Crippen molar-refractivity contribution in [3.05, 3.63) is 65.9 Å². The third-order valence-electron chi connectivity index (χ3n) is 3.84. The van der Waals surface area contributed by atoms with Gasteiger partial charge in [0, 0.05) is 5.56 Å².